The Labute approximate surface area is 105 Å². The number of hydrogen-bond acceptors (Lipinski definition) is 4. The van der Waals surface area contributed by atoms with Gasteiger partial charge in [0, 0.05) is 6.54 Å². The maximum atomic E-state index is 11.4. The normalized spacial score (nSPS) is 14.4. The number of primary amides is 1. The van der Waals surface area contributed by atoms with Crippen LogP contribution in [-0.2, 0) is 9.59 Å². The number of carbonyl (C=O) groups excluding carboxylic acids is 2. The van der Waals surface area contributed by atoms with Gasteiger partial charge in [-0.15, -0.1) is 0 Å². The topological polar surface area (TPSA) is 142 Å². The van der Waals surface area contributed by atoms with Gasteiger partial charge in [-0.25, -0.2) is 9.59 Å². The van der Waals surface area contributed by atoms with E-state index < -0.39 is 35.5 Å². The van der Waals surface area contributed by atoms with Crippen molar-refractivity contribution >= 4 is 17.9 Å². The zero-order chi connectivity index (χ0) is 14.5. The van der Waals surface area contributed by atoms with Gasteiger partial charge in [-0.2, -0.15) is 0 Å². The van der Waals surface area contributed by atoms with Gasteiger partial charge < -0.3 is 26.6 Å². The van der Waals surface area contributed by atoms with Crippen molar-refractivity contribution in [2.75, 3.05) is 6.54 Å². The van der Waals surface area contributed by atoms with Crippen LogP contribution in [0.3, 0.4) is 0 Å². The summed E-state index contributed by atoms with van der Waals surface area (Å²) in [6.45, 7) is 4.28. The molecule has 6 N–H and O–H groups in total. The fourth-order valence-corrected chi connectivity index (χ4v) is 0.969. The van der Waals surface area contributed by atoms with E-state index in [1.807, 2.05) is 0 Å². The predicted octanol–water partition coefficient (Wildman–Crippen LogP) is -1.37. The van der Waals surface area contributed by atoms with Crippen molar-refractivity contribution < 1.29 is 24.6 Å². The summed E-state index contributed by atoms with van der Waals surface area (Å²) in [6, 6.07) is -2.21. The Bertz CT molecular complexity index is 340. The highest BCUT2D eigenvalue weighted by molar-refractivity contribution is 5.84. The fourth-order valence-electron chi connectivity index (χ4n) is 0.969. The van der Waals surface area contributed by atoms with Crippen molar-refractivity contribution in [1.82, 2.24) is 10.6 Å². The number of carboxylic acid groups (broad SMARTS) is 1. The third kappa shape index (κ3) is 5.00. The lowest BCUT2D eigenvalue weighted by molar-refractivity contribution is -0.141. The molecule has 0 heterocycles. The third-order valence-corrected chi connectivity index (χ3v) is 2.39. The number of hydrogen-bond donors (Lipinski definition) is 5. The average Bonchev–Trinajstić information content (AvgIpc) is 2.22. The second-order valence-electron chi connectivity index (χ2n) is 4.63. The summed E-state index contributed by atoms with van der Waals surface area (Å²) in [4.78, 5) is 33.1. The summed E-state index contributed by atoms with van der Waals surface area (Å²) in [5.41, 5.74) is 4.17. The Balaban J connectivity index is 4.35. The highest BCUT2D eigenvalue weighted by Crippen LogP contribution is 2.11. The van der Waals surface area contributed by atoms with Gasteiger partial charge in [-0.1, -0.05) is 0 Å². The lowest BCUT2D eigenvalue weighted by Gasteiger charge is -2.22. The van der Waals surface area contributed by atoms with Crippen LogP contribution in [0.1, 0.15) is 20.8 Å². The number of aliphatic carboxylic acids is 1. The van der Waals surface area contributed by atoms with Gasteiger partial charge in [-0.3, -0.25) is 4.79 Å². The van der Waals surface area contributed by atoms with Crippen LogP contribution < -0.4 is 16.4 Å². The molecular weight excluding hydrogens is 242 g/mol. The highest BCUT2D eigenvalue weighted by Gasteiger charge is 2.28. The minimum Gasteiger partial charge on any atom is -0.480 e. The number of carboxylic acids is 1. The van der Waals surface area contributed by atoms with E-state index in [1.165, 1.54) is 6.92 Å². The van der Waals surface area contributed by atoms with Gasteiger partial charge in [0.15, 0.2) is 6.04 Å². The first kappa shape index (κ1) is 16.2. The average molecular weight is 261 g/mol. The SMILES string of the molecule is C[C@@H](O)[C@H](NC(=O)NCC(C)(C)C(N)=O)C(=O)O. The summed E-state index contributed by atoms with van der Waals surface area (Å²) in [6.07, 6.45) is -1.24. The molecule has 8 nitrogen and oxygen atoms in total. The maximum Gasteiger partial charge on any atom is 0.328 e. The quantitative estimate of drug-likeness (QED) is 0.401. The van der Waals surface area contributed by atoms with E-state index in [0.717, 1.165) is 0 Å². The molecule has 104 valence electrons. The number of aliphatic hydroxyl groups is 1. The third-order valence-electron chi connectivity index (χ3n) is 2.39. The molecule has 18 heavy (non-hydrogen) atoms. The second kappa shape index (κ2) is 6.20. The van der Waals surface area contributed by atoms with Gasteiger partial charge >= 0.3 is 12.0 Å². The summed E-state index contributed by atoms with van der Waals surface area (Å²) in [7, 11) is 0. The van der Waals surface area contributed by atoms with Crippen molar-refractivity contribution in [2.45, 2.75) is 32.9 Å². The molecule has 0 aromatic heterocycles. The van der Waals surface area contributed by atoms with Crippen LogP contribution >= 0.6 is 0 Å². The number of rotatable bonds is 6. The van der Waals surface area contributed by atoms with E-state index >= 15 is 0 Å². The Morgan fingerprint density at radius 2 is 1.83 bits per heavy atom. The van der Waals surface area contributed by atoms with Crippen molar-refractivity contribution in [2.24, 2.45) is 11.1 Å². The van der Waals surface area contributed by atoms with Crippen LogP contribution in [0.25, 0.3) is 0 Å². The van der Waals surface area contributed by atoms with Crippen LogP contribution in [0.5, 0.6) is 0 Å². The van der Waals surface area contributed by atoms with Gasteiger partial charge in [-0.05, 0) is 20.8 Å². The molecule has 0 aromatic carbocycles. The summed E-state index contributed by atoms with van der Waals surface area (Å²) in [5, 5.41) is 22.3. The van der Waals surface area contributed by atoms with Gasteiger partial charge in [0.2, 0.25) is 5.91 Å². The molecule has 0 aliphatic carbocycles. The molecule has 0 aromatic rings. The standard InChI is InChI=1S/C10H19N3O5/c1-5(14)6(7(15)16)13-9(18)12-4-10(2,3)8(11)17/h5-6,14H,4H2,1-3H3,(H2,11,17)(H,15,16)(H2,12,13,18)/t5-,6+/m1/s1. The number of urea groups is 1. The molecule has 0 spiro atoms. The molecule has 0 fully saturated rings. The van der Waals surface area contributed by atoms with Gasteiger partial charge in [0.25, 0.3) is 0 Å². The molecule has 0 aliphatic rings. The molecule has 2 atom stereocenters. The lowest BCUT2D eigenvalue weighted by Crippen LogP contribution is -2.53. The molecule has 0 saturated heterocycles. The van der Waals surface area contributed by atoms with Crippen LogP contribution in [0, 0.1) is 5.41 Å². The first-order valence-corrected chi connectivity index (χ1v) is 5.33. The number of aliphatic hydroxyl groups excluding tert-OH is 1. The van der Waals surface area contributed by atoms with E-state index in [2.05, 4.69) is 10.6 Å². The van der Waals surface area contributed by atoms with Crippen molar-refractivity contribution in [3.63, 3.8) is 0 Å². The summed E-state index contributed by atoms with van der Waals surface area (Å²) >= 11 is 0. The molecule has 0 bridgehead atoms. The summed E-state index contributed by atoms with van der Waals surface area (Å²) in [5.74, 6) is -1.94. The minimum atomic E-state index is -1.42. The van der Waals surface area contributed by atoms with E-state index in [4.69, 9.17) is 15.9 Å². The van der Waals surface area contributed by atoms with Crippen molar-refractivity contribution in [1.29, 1.82) is 0 Å². The van der Waals surface area contributed by atoms with Crippen LogP contribution in [0.4, 0.5) is 4.79 Å². The molecule has 0 saturated carbocycles. The number of nitrogens with two attached hydrogens (primary N) is 1. The highest BCUT2D eigenvalue weighted by atomic mass is 16.4. The number of nitrogens with one attached hydrogen (secondary N) is 2. The number of amides is 3. The first-order valence-electron chi connectivity index (χ1n) is 5.33. The molecular formula is C10H19N3O5. The van der Waals surface area contributed by atoms with Crippen molar-refractivity contribution in [3.8, 4) is 0 Å². The van der Waals surface area contributed by atoms with E-state index in [-0.39, 0.29) is 6.54 Å². The fraction of sp³-hybridized carbons (Fsp3) is 0.700. The number of carbonyl (C=O) groups is 3. The zero-order valence-corrected chi connectivity index (χ0v) is 10.6. The first-order chi connectivity index (χ1) is 8.08. The van der Waals surface area contributed by atoms with Crippen LogP contribution in [0.15, 0.2) is 0 Å². The predicted molar refractivity (Wildman–Crippen MR) is 62.6 cm³/mol. The zero-order valence-electron chi connectivity index (χ0n) is 10.6. The summed E-state index contributed by atoms with van der Waals surface area (Å²) < 4.78 is 0. The van der Waals surface area contributed by atoms with E-state index in [1.54, 1.807) is 13.8 Å². The Hall–Kier alpha value is -1.83. The molecule has 0 unspecified atom stereocenters. The largest absolute Gasteiger partial charge is 0.480 e. The van der Waals surface area contributed by atoms with E-state index in [9.17, 15) is 14.4 Å². The van der Waals surface area contributed by atoms with E-state index in [0.29, 0.717) is 0 Å². The molecule has 8 heteroatoms. The van der Waals surface area contributed by atoms with Gasteiger partial charge in [0.1, 0.15) is 0 Å². The lowest BCUT2D eigenvalue weighted by atomic mass is 9.93. The molecule has 0 aliphatic heterocycles. The smallest absolute Gasteiger partial charge is 0.328 e. The molecule has 0 radical (unpaired) electrons. The van der Waals surface area contributed by atoms with Gasteiger partial charge in [0.05, 0.1) is 11.5 Å². The second-order valence-corrected chi connectivity index (χ2v) is 4.63. The Morgan fingerprint density at radius 3 is 2.17 bits per heavy atom. The van der Waals surface area contributed by atoms with Crippen LogP contribution in [0.2, 0.25) is 0 Å². The maximum absolute atomic E-state index is 11.4. The monoisotopic (exact) mass is 261 g/mol. The molecule has 3 amide bonds. The Kier molecular flexibility index (Phi) is 5.57. The minimum absolute atomic E-state index is 0.0414. The Morgan fingerprint density at radius 1 is 1.33 bits per heavy atom. The van der Waals surface area contributed by atoms with Crippen LogP contribution in [-0.4, -0.2) is 46.8 Å². The van der Waals surface area contributed by atoms with Crippen molar-refractivity contribution in [3.05, 3.63) is 0 Å². The molecule has 0 rings (SSSR count).